The van der Waals surface area contributed by atoms with Crippen LogP contribution in [0, 0.1) is 0 Å². The third-order valence-corrected chi connectivity index (χ3v) is 7.43. The van der Waals surface area contributed by atoms with Crippen molar-refractivity contribution in [3.63, 3.8) is 0 Å². The molecule has 2 aliphatic heterocycles. The lowest BCUT2D eigenvalue weighted by Gasteiger charge is -2.23. The van der Waals surface area contributed by atoms with Crippen LogP contribution in [0.4, 0.5) is 10.5 Å². The molecule has 2 amide bonds. The van der Waals surface area contributed by atoms with Crippen LogP contribution in [0.2, 0.25) is 0 Å². The molecule has 2 heterocycles. The van der Waals surface area contributed by atoms with E-state index < -0.39 is 9.84 Å². The van der Waals surface area contributed by atoms with Crippen LogP contribution < -0.4 is 4.90 Å². The summed E-state index contributed by atoms with van der Waals surface area (Å²) in [6.07, 6.45) is 1.98. The van der Waals surface area contributed by atoms with E-state index in [1.165, 1.54) is 0 Å². The molecule has 0 spiro atoms. The molecule has 0 unspecified atom stereocenters. The molecule has 4 rings (SSSR count). The van der Waals surface area contributed by atoms with Gasteiger partial charge < -0.3 is 4.90 Å². The normalized spacial score (nSPS) is 24.1. The Morgan fingerprint density at radius 2 is 1.77 bits per heavy atom. The maximum Gasteiger partial charge on any atom is 0.325 e. The zero-order valence-electron chi connectivity index (χ0n) is 14.4. The Bertz CT molecular complexity index is 931. The lowest BCUT2D eigenvalue weighted by Crippen LogP contribution is -2.37. The fraction of sp³-hybridized carbons (Fsp3) is 0.316. The minimum atomic E-state index is -3.15. The number of sulfone groups is 1. The van der Waals surface area contributed by atoms with Gasteiger partial charge in [0.2, 0.25) is 0 Å². The summed E-state index contributed by atoms with van der Waals surface area (Å²) >= 11 is 1.60. The first kappa shape index (κ1) is 17.4. The summed E-state index contributed by atoms with van der Waals surface area (Å²) in [5.41, 5.74) is 1.77. The predicted molar refractivity (Wildman–Crippen MR) is 104 cm³/mol. The summed E-state index contributed by atoms with van der Waals surface area (Å²) < 4.78 is 24.6. The molecule has 2 fully saturated rings. The van der Waals surface area contributed by atoms with E-state index in [0.29, 0.717) is 6.54 Å². The summed E-state index contributed by atoms with van der Waals surface area (Å²) in [5.74, 6) is 0.0626. The Morgan fingerprint density at radius 3 is 2.50 bits per heavy atom. The number of carbonyl (C=O) groups is 1. The fourth-order valence-corrected chi connectivity index (χ4v) is 6.21. The first-order valence-corrected chi connectivity index (χ1v) is 11.5. The smallest absolute Gasteiger partial charge is 0.314 e. The van der Waals surface area contributed by atoms with Crippen LogP contribution >= 0.6 is 11.8 Å². The van der Waals surface area contributed by atoms with Gasteiger partial charge in [0, 0.05) is 17.1 Å². The second-order valence-electron chi connectivity index (χ2n) is 6.68. The highest BCUT2D eigenvalue weighted by molar-refractivity contribution is 7.98. The molecule has 0 radical (unpaired) electrons. The van der Waals surface area contributed by atoms with Crippen LogP contribution in [-0.2, 0) is 16.4 Å². The van der Waals surface area contributed by atoms with Crippen LogP contribution in [0.15, 0.2) is 59.5 Å². The van der Waals surface area contributed by atoms with Gasteiger partial charge in [-0.25, -0.2) is 13.2 Å². The van der Waals surface area contributed by atoms with Gasteiger partial charge in [-0.15, -0.1) is 11.8 Å². The maximum atomic E-state index is 13.2. The number of amides is 2. The SMILES string of the molecule is CSc1cccc(N2C(=O)N(Cc3ccccc3)[C@H]3CS(=O)(=O)C[C@H]32)c1. The molecule has 26 heavy (non-hydrogen) atoms. The van der Waals surface area contributed by atoms with Crippen LogP contribution in [0.1, 0.15) is 5.56 Å². The van der Waals surface area contributed by atoms with Crippen molar-refractivity contribution in [2.45, 2.75) is 23.5 Å². The van der Waals surface area contributed by atoms with Crippen molar-refractivity contribution in [1.82, 2.24) is 4.90 Å². The van der Waals surface area contributed by atoms with Gasteiger partial charge in [0.25, 0.3) is 0 Å². The van der Waals surface area contributed by atoms with Crippen molar-refractivity contribution in [2.75, 3.05) is 22.7 Å². The van der Waals surface area contributed by atoms with Crippen molar-refractivity contribution in [3.05, 3.63) is 60.2 Å². The summed E-state index contributed by atoms with van der Waals surface area (Å²) in [6.45, 7) is 0.426. The number of hydrogen-bond acceptors (Lipinski definition) is 4. The molecule has 2 aromatic rings. The summed E-state index contributed by atoms with van der Waals surface area (Å²) in [5, 5.41) is 0. The van der Waals surface area contributed by atoms with Gasteiger partial charge in [0.15, 0.2) is 9.84 Å². The Morgan fingerprint density at radius 1 is 1.04 bits per heavy atom. The van der Waals surface area contributed by atoms with Gasteiger partial charge in [-0.3, -0.25) is 4.90 Å². The lowest BCUT2D eigenvalue weighted by molar-refractivity contribution is 0.206. The molecular formula is C19H20N2O3S2. The summed E-state index contributed by atoms with van der Waals surface area (Å²) in [6, 6.07) is 16.7. The van der Waals surface area contributed by atoms with Crippen LogP contribution in [0.3, 0.4) is 0 Å². The molecule has 0 bridgehead atoms. The molecule has 2 atom stereocenters. The van der Waals surface area contributed by atoms with Gasteiger partial charge in [-0.1, -0.05) is 36.4 Å². The van der Waals surface area contributed by atoms with Crippen molar-refractivity contribution >= 4 is 33.3 Å². The second kappa shape index (κ2) is 6.63. The van der Waals surface area contributed by atoms with Crippen molar-refractivity contribution < 1.29 is 13.2 Å². The van der Waals surface area contributed by atoms with E-state index in [2.05, 4.69) is 0 Å². The summed E-state index contributed by atoms with van der Waals surface area (Å²) in [4.78, 5) is 17.6. The average Bonchev–Trinajstić information content (AvgIpc) is 3.06. The van der Waals surface area contributed by atoms with Crippen LogP contribution in [-0.4, -0.2) is 49.2 Å². The highest BCUT2D eigenvalue weighted by Gasteiger charge is 2.53. The van der Waals surface area contributed by atoms with Gasteiger partial charge >= 0.3 is 6.03 Å². The minimum Gasteiger partial charge on any atom is -0.314 e. The zero-order valence-corrected chi connectivity index (χ0v) is 16.0. The molecule has 2 aromatic carbocycles. The number of hydrogen-bond donors (Lipinski definition) is 0. The standard InChI is InChI=1S/C19H20N2O3S2/c1-25-16-9-5-8-15(10-16)21-18-13-26(23,24)12-17(18)20(19(21)22)11-14-6-3-2-4-7-14/h2-10,17-18H,11-13H2,1H3/t17-,18+/m0/s1. The average molecular weight is 389 g/mol. The number of anilines is 1. The van der Waals surface area contributed by atoms with Crippen LogP contribution in [0.25, 0.3) is 0 Å². The van der Waals surface area contributed by atoms with Gasteiger partial charge in [-0.2, -0.15) is 0 Å². The van der Waals surface area contributed by atoms with Gasteiger partial charge in [-0.05, 0) is 30.0 Å². The number of nitrogens with zero attached hydrogens (tertiary/aromatic N) is 2. The summed E-state index contributed by atoms with van der Waals surface area (Å²) in [7, 11) is -3.15. The van der Waals surface area contributed by atoms with E-state index in [1.54, 1.807) is 21.6 Å². The molecule has 0 N–H and O–H groups in total. The Kier molecular flexibility index (Phi) is 4.44. The largest absolute Gasteiger partial charge is 0.325 e. The molecule has 7 heteroatoms. The molecular weight excluding hydrogens is 368 g/mol. The third kappa shape index (κ3) is 3.10. The van der Waals surface area contributed by atoms with Gasteiger partial charge in [0.1, 0.15) is 0 Å². The van der Waals surface area contributed by atoms with Crippen molar-refractivity contribution in [3.8, 4) is 0 Å². The quantitative estimate of drug-likeness (QED) is 0.597. The Labute approximate surface area is 157 Å². The molecule has 0 aliphatic carbocycles. The number of rotatable bonds is 4. The Balaban J connectivity index is 1.71. The minimum absolute atomic E-state index is 0.0260. The zero-order chi connectivity index (χ0) is 18.3. The van der Waals surface area contributed by atoms with E-state index in [0.717, 1.165) is 16.1 Å². The fourth-order valence-electron chi connectivity index (χ4n) is 3.80. The number of thioether (sulfide) groups is 1. The van der Waals surface area contributed by atoms with E-state index in [9.17, 15) is 13.2 Å². The molecule has 0 saturated carbocycles. The molecule has 2 aliphatic rings. The number of benzene rings is 2. The van der Waals surface area contributed by atoms with Crippen LogP contribution in [0.5, 0.6) is 0 Å². The van der Waals surface area contributed by atoms with E-state index >= 15 is 0 Å². The molecule has 0 aromatic heterocycles. The first-order chi connectivity index (χ1) is 12.5. The van der Waals surface area contributed by atoms with E-state index in [-0.39, 0.29) is 29.6 Å². The van der Waals surface area contributed by atoms with Gasteiger partial charge in [0.05, 0.1) is 23.6 Å². The molecule has 136 valence electrons. The second-order valence-corrected chi connectivity index (χ2v) is 9.71. The van der Waals surface area contributed by atoms with E-state index in [4.69, 9.17) is 0 Å². The third-order valence-electron chi connectivity index (χ3n) is 5.00. The number of fused-ring (bicyclic) bond motifs is 1. The van der Waals surface area contributed by atoms with E-state index in [1.807, 2.05) is 60.9 Å². The Hall–Kier alpha value is -1.99. The number of carbonyl (C=O) groups excluding carboxylic acids is 1. The predicted octanol–water partition coefficient (Wildman–Crippen LogP) is 3.02. The topological polar surface area (TPSA) is 57.7 Å². The number of urea groups is 1. The molecule has 5 nitrogen and oxygen atoms in total. The molecule has 2 saturated heterocycles. The maximum absolute atomic E-state index is 13.2. The monoisotopic (exact) mass is 388 g/mol. The van der Waals surface area contributed by atoms with Crippen molar-refractivity contribution in [2.24, 2.45) is 0 Å². The highest BCUT2D eigenvalue weighted by atomic mass is 32.2. The van der Waals surface area contributed by atoms with Crippen molar-refractivity contribution in [1.29, 1.82) is 0 Å². The first-order valence-electron chi connectivity index (χ1n) is 8.47. The highest BCUT2D eigenvalue weighted by Crippen LogP contribution is 2.36. The lowest BCUT2D eigenvalue weighted by atomic mass is 10.1.